The minimum atomic E-state index is -0.703. The number of nitrogens with two attached hydrogens (primary N) is 1. The topological polar surface area (TPSA) is 110 Å². The van der Waals surface area contributed by atoms with Crippen molar-refractivity contribution in [3.8, 4) is 0 Å². The summed E-state index contributed by atoms with van der Waals surface area (Å²) in [5.41, 5.74) is 5.13. The second-order valence-corrected chi connectivity index (χ2v) is 6.85. The summed E-state index contributed by atoms with van der Waals surface area (Å²) in [7, 11) is 0. The van der Waals surface area contributed by atoms with E-state index in [9.17, 15) is 19.7 Å². The lowest BCUT2D eigenvalue weighted by Crippen LogP contribution is -2.51. The zero-order chi connectivity index (χ0) is 18.1. The van der Waals surface area contributed by atoms with E-state index in [2.05, 4.69) is 0 Å². The van der Waals surface area contributed by atoms with Gasteiger partial charge < -0.3 is 15.5 Å². The van der Waals surface area contributed by atoms with Crippen molar-refractivity contribution in [1.82, 2.24) is 4.90 Å². The van der Waals surface area contributed by atoms with E-state index in [0.717, 1.165) is 0 Å². The van der Waals surface area contributed by atoms with Crippen LogP contribution in [0.2, 0.25) is 0 Å². The number of primary amides is 1. The molecular weight excluding hydrogens is 312 g/mol. The highest BCUT2D eigenvalue weighted by Gasteiger charge is 2.31. The van der Waals surface area contributed by atoms with Crippen molar-refractivity contribution in [3.05, 3.63) is 33.9 Å². The van der Waals surface area contributed by atoms with Crippen molar-refractivity contribution in [3.63, 3.8) is 0 Å². The number of carbonyl (C=O) groups excluding carboxylic acids is 2. The van der Waals surface area contributed by atoms with Crippen molar-refractivity contribution < 1.29 is 14.5 Å². The van der Waals surface area contributed by atoms with E-state index in [1.165, 1.54) is 12.1 Å². The highest BCUT2D eigenvalue weighted by molar-refractivity contribution is 5.94. The minimum absolute atomic E-state index is 0.0701. The smallest absolute Gasteiger partial charge is 0.293 e. The molecule has 0 spiro atoms. The van der Waals surface area contributed by atoms with E-state index in [1.54, 1.807) is 11.0 Å². The van der Waals surface area contributed by atoms with Gasteiger partial charge in [-0.25, -0.2) is 0 Å². The number of carbonyl (C=O) groups is 2. The van der Waals surface area contributed by atoms with Crippen LogP contribution in [0.5, 0.6) is 0 Å². The van der Waals surface area contributed by atoms with Gasteiger partial charge in [-0.05, 0) is 12.1 Å². The second-order valence-electron chi connectivity index (χ2n) is 6.85. The molecule has 2 N–H and O–H groups in total. The number of piperazine rings is 1. The maximum absolute atomic E-state index is 12.3. The Morgan fingerprint density at radius 3 is 2.21 bits per heavy atom. The molecule has 8 nitrogen and oxygen atoms in total. The zero-order valence-electron chi connectivity index (χ0n) is 14.1. The number of nitro groups is 1. The first-order valence-corrected chi connectivity index (χ1v) is 7.74. The van der Waals surface area contributed by atoms with E-state index in [-0.39, 0.29) is 17.2 Å². The Kier molecular flexibility index (Phi) is 4.77. The van der Waals surface area contributed by atoms with Gasteiger partial charge in [0.1, 0.15) is 5.69 Å². The predicted octanol–water partition coefficient (Wildman–Crippen LogP) is 1.39. The first kappa shape index (κ1) is 17.7. The number of rotatable bonds is 3. The Balaban J connectivity index is 2.18. The predicted molar refractivity (Wildman–Crippen MR) is 89.9 cm³/mol. The largest absolute Gasteiger partial charge is 0.366 e. The van der Waals surface area contributed by atoms with E-state index >= 15 is 0 Å². The Morgan fingerprint density at radius 1 is 1.17 bits per heavy atom. The molecule has 0 aliphatic carbocycles. The Bertz CT molecular complexity index is 673. The molecule has 1 aromatic rings. The standard InChI is InChI=1S/C16H22N4O4/c1-16(2,3)15(22)19-8-6-18(7-9-19)12-5-4-11(14(17)21)10-13(12)20(23)24/h4-5,10H,6-9H2,1-3H3,(H2,17,21). The first-order chi connectivity index (χ1) is 11.1. The summed E-state index contributed by atoms with van der Waals surface area (Å²) < 4.78 is 0. The maximum atomic E-state index is 12.3. The van der Waals surface area contributed by atoms with Crippen molar-refractivity contribution in [2.24, 2.45) is 11.1 Å². The fourth-order valence-electron chi connectivity index (χ4n) is 2.72. The number of amides is 2. The minimum Gasteiger partial charge on any atom is -0.366 e. The molecule has 24 heavy (non-hydrogen) atoms. The number of nitrogens with zero attached hydrogens (tertiary/aromatic N) is 3. The van der Waals surface area contributed by atoms with Crippen LogP contribution in [0.1, 0.15) is 31.1 Å². The van der Waals surface area contributed by atoms with Crippen molar-refractivity contribution >= 4 is 23.2 Å². The fraction of sp³-hybridized carbons (Fsp3) is 0.500. The number of benzene rings is 1. The highest BCUT2D eigenvalue weighted by atomic mass is 16.6. The van der Waals surface area contributed by atoms with E-state index < -0.39 is 16.2 Å². The van der Waals surface area contributed by atoms with Gasteiger partial charge in [0.25, 0.3) is 5.69 Å². The second kappa shape index (κ2) is 6.46. The van der Waals surface area contributed by atoms with Gasteiger partial charge >= 0.3 is 0 Å². The first-order valence-electron chi connectivity index (χ1n) is 7.74. The van der Waals surface area contributed by atoms with Crippen molar-refractivity contribution in [1.29, 1.82) is 0 Å². The number of anilines is 1. The van der Waals surface area contributed by atoms with Crippen LogP contribution in [-0.2, 0) is 4.79 Å². The van der Waals surface area contributed by atoms with Crippen LogP contribution < -0.4 is 10.6 Å². The molecule has 1 fully saturated rings. The van der Waals surface area contributed by atoms with Gasteiger partial charge in [0, 0.05) is 43.2 Å². The molecule has 1 aromatic carbocycles. The highest BCUT2D eigenvalue weighted by Crippen LogP contribution is 2.30. The lowest BCUT2D eigenvalue weighted by molar-refractivity contribution is -0.384. The fourth-order valence-corrected chi connectivity index (χ4v) is 2.72. The van der Waals surface area contributed by atoms with Gasteiger partial charge in [-0.2, -0.15) is 0 Å². The number of nitro benzene ring substituents is 1. The van der Waals surface area contributed by atoms with E-state index in [1.807, 2.05) is 25.7 Å². The van der Waals surface area contributed by atoms with Crippen LogP contribution in [0, 0.1) is 15.5 Å². The van der Waals surface area contributed by atoms with Crippen LogP contribution in [0.25, 0.3) is 0 Å². The average Bonchev–Trinajstić information content (AvgIpc) is 2.52. The summed E-state index contributed by atoms with van der Waals surface area (Å²) in [6.07, 6.45) is 0. The monoisotopic (exact) mass is 334 g/mol. The lowest BCUT2D eigenvalue weighted by Gasteiger charge is -2.38. The van der Waals surface area contributed by atoms with E-state index in [4.69, 9.17) is 5.73 Å². The van der Waals surface area contributed by atoms with Crippen LogP contribution in [0.15, 0.2) is 18.2 Å². The Hall–Kier alpha value is -2.64. The molecule has 2 rings (SSSR count). The molecule has 8 heteroatoms. The van der Waals surface area contributed by atoms with Crippen molar-refractivity contribution in [2.75, 3.05) is 31.1 Å². The molecule has 0 saturated carbocycles. The molecule has 1 heterocycles. The molecule has 1 aliphatic heterocycles. The molecule has 0 aromatic heterocycles. The van der Waals surface area contributed by atoms with Gasteiger partial charge in [0.2, 0.25) is 11.8 Å². The third-order valence-corrected chi connectivity index (χ3v) is 4.01. The maximum Gasteiger partial charge on any atom is 0.293 e. The molecule has 2 amide bonds. The summed E-state index contributed by atoms with van der Waals surface area (Å²) >= 11 is 0. The summed E-state index contributed by atoms with van der Waals surface area (Å²) in [4.78, 5) is 37.9. The molecule has 130 valence electrons. The molecule has 0 atom stereocenters. The van der Waals surface area contributed by atoms with Gasteiger partial charge in [-0.3, -0.25) is 19.7 Å². The quantitative estimate of drug-likeness (QED) is 0.663. The van der Waals surface area contributed by atoms with Crippen LogP contribution in [0.4, 0.5) is 11.4 Å². The summed E-state index contributed by atoms with van der Waals surface area (Å²) in [5.74, 6) is -0.633. The normalized spacial score (nSPS) is 15.3. The summed E-state index contributed by atoms with van der Waals surface area (Å²) in [6, 6.07) is 4.22. The number of hydrogen-bond acceptors (Lipinski definition) is 5. The third kappa shape index (κ3) is 3.64. The molecule has 1 saturated heterocycles. The molecule has 0 radical (unpaired) electrons. The van der Waals surface area contributed by atoms with Crippen LogP contribution in [0.3, 0.4) is 0 Å². The SMILES string of the molecule is CC(C)(C)C(=O)N1CCN(c2ccc(C(N)=O)cc2[N+](=O)[O-])CC1. The third-order valence-electron chi connectivity index (χ3n) is 4.01. The average molecular weight is 334 g/mol. The van der Waals surface area contributed by atoms with Crippen molar-refractivity contribution in [2.45, 2.75) is 20.8 Å². The summed E-state index contributed by atoms with van der Waals surface area (Å²) in [6.45, 7) is 7.62. The Labute approximate surface area is 140 Å². The van der Waals surface area contributed by atoms with Crippen LogP contribution in [-0.4, -0.2) is 47.8 Å². The Morgan fingerprint density at radius 2 is 1.75 bits per heavy atom. The summed E-state index contributed by atoms with van der Waals surface area (Å²) in [5, 5.41) is 11.3. The van der Waals surface area contributed by atoms with Crippen LogP contribution >= 0.6 is 0 Å². The van der Waals surface area contributed by atoms with Gasteiger partial charge in [0.05, 0.1) is 4.92 Å². The molecule has 1 aliphatic rings. The lowest BCUT2D eigenvalue weighted by atomic mass is 9.94. The van der Waals surface area contributed by atoms with Gasteiger partial charge in [0.15, 0.2) is 0 Å². The van der Waals surface area contributed by atoms with E-state index in [0.29, 0.717) is 31.9 Å². The molecule has 0 bridgehead atoms. The zero-order valence-corrected chi connectivity index (χ0v) is 14.1. The van der Waals surface area contributed by atoms with Gasteiger partial charge in [-0.1, -0.05) is 20.8 Å². The number of hydrogen-bond donors (Lipinski definition) is 1. The molecular formula is C16H22N4O4. The molecule has 0 unspecified atom stereocenters. The van der Waals surface area contributed by atoms with Gasteiger partial charge in [-0.15, -0.1) is 0 Å².